The molecule has 0 aromatic heterocycles. The molecule has 0 aliphatic rings. The Balaban J connectivity index is 4.40. The van der Waals surface area contributed by atoms with Crippen molar-refractivity contribution in [2.24, 2.45) is 0 Å². The molecule has 0 spiro atoms. The van der Waals surface area contributed by atoms with Gasteiger partial charge in [0.1, 0.15) is 19.8 Å². The molecule has 318 valence electrons. The minimum absolute atomic E-state index is 0.0277. The molecule has 0 radical (unpaired) electrons. The Hall–Kier alpha value is -1.51. The summed E-state index contributed by atoms with van der Waals surface area (Å²) in [6.45, 7) is 4.39. The number of carbonyl (C=O) groups is 2. The van der Waals surface area contributed by atoms with Gasteiger partial charge in [0.25, 0.3) is 0 Å². The summed E-state index contributed by atoms with van der Waals surface area (Å²) in [5.74, 6) is -0.830. The molecule has 0 bridgehead atoms. The zero-order chi connectivity index (χ0) is 40.0. The van der Waals surface area contributed by atoms with Crippen LogP contribution in [0.15, 0.2) is 24.3 Å². The van der Waals surface area contributed by atoms with Crippen molar-refractivity contribution >= 4 is 19.8 Å². The summed E-state index contributed by atoms with van der Waals surface area (Å²) < 4.78 is 34.3. The van der Waals surface area contributed by atoms with Gasteiger partial charge in [0.15, 0.2) is 6.10 Å². The first kappa shape index (κ1) is 52.5. The number of rotatable bonds is 40. The average molecular weight is 787 g/mol. The number of phosphoric ester groups is 1. The van der Waals surface area contributed by atoms with E-state index in [0.29, 0.717) is 17.4 Å². The summed E-state index contributed by atoms with van der Waals surface area (Å²) in [5.41, 5.74) is 0. The maximum Gasteiger partial charge on any atom is 0.472 e. The molecule has 1 N–H and O–H groups in total. The van der Waals surface area contributed by atoms with Gasteiger partial charge in [0.2, 0.25) is 0 Å². The first-order chi connectivity index (χ1) is 26.0. The van der Waals surface area contributed by atoms with Crippen LogP contribution in [0.5, 0.6) is 0 Å². The molecule has 0 fully saturated rings. The molecule has 9 nitrogen and oxygen atoms in total. The van der Waals surface area contributed by atoms with Gasteiger partial charge in [-0.25, -0.2) is 4.57 Å². The van der Waals surface area contributed by atoms with Crippen LogP contribution in [0.3, 0.4) is 0 Å². The van der Waals surface area contributed by atoms with Gasteiger partial charge in [-0.15, -0.1) is 0 Å². The van der Waals surface area contributed by atoms with Crippen molar-refractivity contribution in [1.29, 1.82) is 0 Å². The number of hydrogen-bond acceptors (Lipinski definition) is 7. The fraction of sp³-hybridized carbons (Fsp3) is 0.864. The second-order valence-electron chi connectivity index (χ2n) is 16.1. The third kappa shape index (κ3) is 40.2. The zero-order valence-electron chi connectivity index (χ0n) is 35.7. The highest BCUT2D eigenvalue weighted by Gasteiger charge is 2.27. The normalized spacial score (nSPS) is 13.8. The second kappa shape index (κ2) is 37.1. The van der Waals surface area contributed by atoms with Crippen LogP contribution in [0.2, 0.25) is 0 Å². The van der Waals surface area contributed by atoms with Gasteiger partial charge < -0.3 is 18.9 Å². The van der Waals surface area contributed by atoms with Crippen LogP contribution in [-0.4, -0.2) is 74.9 Å². The molecule has 2 atom stereocenters. The highest BCUT2D eigenvalue weighted by atomic mass is 31.2. The lowest BCUT2D eigenvalue weighted by Gasteiger charge is -2.24. The largest absolute Gasteiger partial charge is 0.472 e. The Kier molecular flexibility index (Phi) is 36.1. The molecular formula is C44H85NO8P+. The van der Waals surface area contributed by atoms with E-state index in [4.69, 9.17) is 18.5 Å². The van der Waals surface area contributed by atoms with E-state index >= 15 is 0 Å². The van der Waals surface area contributed by atoms with E-state index in [1.165, 1.54) is 116 Å². The van der Waals surface area contributed by atoms with Crippen LogP contribution in [-0.2, 0) is 32.7 Å². The molecule has 0 saturated carbocycles. The van der Waals surface area contributed by atoms with Crippen molar-refractivity contribution in [2.45, 2.75) is 200 Å². The van der Waals surface area contributed by atoms with Crippen molar-refractivity contribution in [1.82, 2.24) is 0 Å². The standard InChI is InChI=1S/C44H84NO8P/c1-6-8-10-12-14-16-18-20-22-24-26-28-30-32-34-36-43(46)50-40-42(41-52-54(48,49)51-39-38-45(3,4)5)53-44(47)37-35-33-31-29-27-25-23-21-19-17-15-13-11-9-7-2/h21,23,27,29,42H,6-20,22,24-26,28,30-41H2,1-5H3/p+1/b23-21-,29-27-. The summed E-state index contributed by atoms with van der Waals surface area (Å²) in [6, 6.07) is 0. The molecule has 0 aliphatic heterocycles. The van der Waals surface area contributed by atoms with E-state index in [2.05, 4.69) is 38.2 Å². The monoisotopic (exact) mass is 787 g/mol. The van der Waals surface area contributed by atoms with Gasteiger partial charge >= 0.3 is 19.8 Å². The predicted molar refractivity (Wildman–Crippen MR) is 224 cm³/mol. The smallest absolute Gasteiger partial charge is 0.462 e. The molecule has 0 aliphatic carbocycles. The minimum Gasteiger partial charge on any atom is -0.462 e. The Labute approximate surface area is 332 Å². The number of esters is 2. The number of allylic oxidation sites excluding steroid dienone is 4. The maximum atomic E-state index is 12.7. The van der Waals surface area contributed by atoms with E-state index < -0.39 is 26.5 Å². The molecular weight excluding hydrogens is 701 g/mol. The Morgan fingerprint density at radius 2 is 1.00 bits per heavy atom. The summed E-state index contributed by atoms with van der Waals surface area (Å²) in [5, 5.41) is 0. The van der Waals surface area contributed by atoms with Crippen LogP contribution in [0, 0.1) is 0 Å². The summed E-state index contributed by atoms with van der Waals surface area (Å²) in [4.78, 5) is 35.3. The number of ether oxygens (including phenoxy) is 2. The lowest BCUT2D eigenvalue weighted by atomic mass is 10.0. The van der Waals surface area contributed by atoms with Gasteiger partial charge in [-0.1, -0.05) is 160 Å². The predicted octanol–water partition coefficient (Wildman–Crippen LogP) is 12.4. The van der Waals surface area contributed by atoms with Crippen LogP contribution < -0.4 is 0 Å². The van der Waals surface area contributed by atoms with Gasteiger partial charge in [-0.3, -0.25) is 18.6 Å². The second-order valence-corrected chi connectivity index (χ2v) is 17.5. The van der Waals surface area contributed by atoms with Gasteiger partial charge in [0, 0.05) is 12.8 Å². The van der Waals surface area contributed by atoms with E-state index in [0.717, 1.165) is 44.9 Å². The number of likely N-dealkylation sites (N-methyl/N-ethyl adjacent to an activating group) is 1. The van der Waals surface area contributed by atoms with Crippen LogP contribution in [0.4, 0.5) is 0 Å². The van der Waals surface area contributed by atoms with Crippen LogP contribution >= 0.6 is 7.82 Å². The Bertz CT molecular complexity index is 980. The number of unbranched alkanes of at least 4 members (excludes halogenated alkanes) is 22. The number of nitrogens with zero attached hydrogens (tertiary/aromatic N) is 1. The van der Waals surface area contributed by atoms with Gasteiger partial charge in [0.05, 0.1) is 27.7 Å². The lowest BCUT2D eigenvalue weighted by Crippen LogP contribution is -2.37. The van der Waals surface area contributed by atoms with E-state index in [1.54, 1.807) is 0 Å². The molecule has 10 heteroatoms. The third-order valence-electron chi connectivity index (χ3n) is 9.48. The van der Waals surface area contributed by atoms with Crippen molar-refractivity contribution in [3.05, 3.63) is 24.3 Å². The van der Waals surface area contributed by atoms with E-state index in [1.807, 2.05) is 21.1 Å². The highest BCUT2D eigenvalue weighted by molar-refractivity contribution is 7.47. The topological polar surface area (TPSA) is 108 Å². The third-order valence-corrected chi connectivity index (χ3v) is 10.5. The molecule has 0 heterocycles. The van der Waals surface area contributed by atoms with Crippen LogP contribution in [0.25, 0.3) is 0 Å². The van der Waals surface area contributed by atoms with Crippen molar-refractivity contribution in [2.75, 3.05) is 47.5 Å². The summed E-state index contributed by atoms with van der Waals surface area (Å²) >= 11 is 0. The molecule has 0 amide bonds. The number of hydrogen-bond donors (Lipinski definition) is 1. The fourth-order valence-corrected chi connectivity index (χ4v) is 6.73. The number of phosphoric acid groups is 1. The quantitative estimate of drug-likeness (QED) is 0.0215. The van der Waals surface area contributed by atoms with Crippen LogP contribution in [0.1, 0.15) is 194 Å². The first-order valence-electron chi connectivity index (χ1n) is 22.1. The summed E-state index contributed by atoms with van der Waals surface area (Å²) in [6.07, 6.45) is 39.4. The summed E-state index contributed by atoms with van der Waals surface area (Å²) in [7, 11) is 1.46. The molecule has 54 heavy (non-hydrogen) atoms. The Morgan fingerprint density at radius 3 is 1.50 bits per heavy atom. The highest BCUT2D eigenvalue weighted by Crippen LogP contribution is 2.43. The van der Waals surface area contributed by atoms with Gasteiger partial charge in [-0.05, 0) is 44.9 Å². The molecule has 0 rings (SSSR count). The maximum absolute atomic E-state index is 12.7. The Morgan fingerprint density at radius 1 is 0.574 bits per heavy atom. The lowest BCUT2D eigenvalue weighted by molar-refractivity contribution is -0.870. The first-order valence-corrected chi connectivity index (χ1v) is 23.6. The average Bonchev–Trinajstić information content (AvgIpc) is 3.12. The van der Waals surface area contributed by atoms with Crippen molar-refractivity contribution < 1.29 is 42.1 Å². The molecule has 0 saturated heterocycles. The fourth-order valence-electron chi connectivity index (χ4n) is 5.99. The van der Waals surface area contributed by atoms with Crippen molar-refractivity contribution in [3.63, 3.8) is 0 Å². The zero-order valence-corrected chi connectivity index (χ0v) is 36.6. The van der Waals surface area contributed by atoms with Gasteiger partial charge in [-0.2, -0.15) is 0 Å². The van der Waals surface area contributed by atoms with Crippen molar-refractivity contribution in [3.8, 4) is 0 Å². The van der Waals surface area contributed by atoms with E-state index in [-0.39, 0.29) is 32.0 Å². The number of carbonyl (C=O) groups excluding carboxylic acids is 2. The van der Waals surface area contributed by atoms with E-state index in [9.17, 15) is 19.0 Å². The molecule has 2 unspecified atom stereocenters. The number of quaternary nitrogens is 1. The molecule has 0 aromatic rings. The minimum atomic E-state index is -4.38. The SMILES string of the molecule is CCCCCCCC/C=C\C/C=C\CCCCC(=O)OC(COC(=O)CCCCCCCCCCCCCCCCC)COP(=O)(O)OCC[N+](C)(C)C. The molecule has 0 aromatic carbocycles.